The van der Waals surface area contributed by atoms with Crippen LogP contribution in [0, 0.1) is 0 Å². The lowest BCUT2D eigenvalue weighted by atomic mass is 9.99. The Bertz CT molecular complexity index is 906. The minimum atomic E-state index is -1.57. The van der Waals surface area contributed by atoms with Crippen LogP contribution in [-0.2, 0) is 19.0 Å². The molecule has 2 aliphatic heterocycles. The summed E-state index contributed by atoms with van der Waals surface area (Å²) in [5, 5.41) is 60.2. The van der Waals surface area contributed by atoms with Crippen molar-refractivity contribution in [3.05, 3.63) is 72.9 Å². The third kappa shape index (κ3) is 12.8. The molecule has 10 nitrogen and oxygen atoms in total. The van der Waals surface area contributed by atoms with E-state index in [0.717, 1.165) is 12.8 Å². The first-order valence-electron chi connectivity index (χ1n) is 13.7. The van der Waals surface area contributed by atoms with E-state index >= 15 is 0 Å². The fourth-order valence-electron chi connectivity index (χ4n) is 4.10. The fourth-order valence-corrected chi connectivity index (χ4v) is 4.10. The van der Waals surface area contributed by atoms with Gasteiger partial charge in [-0.2, -0.15) is 0 Å². The summed E-state index contributed by atoms with van der Waals surface area (Å²) in [5.41, 5.74) is 0. The Morgan fingerprint density at radius 1 is 0.875 bits per heavy atom. The van der Waals surface area contributed by atoms with E-state index in [1.807, 2.05) is 19.1 Å². The Morgan fingerprint density at radius 2 is 1.57 bits per heavy atom. The first-order chi connectivity index (χ1) is 19.2. The van der Waals surface area contributed by atoms with Crippen LogP contribution in [0.25, 0.3) is 0 Å². The third-order valence-corrected chi connectivity index (χ3v) is 6.38. The van der Waals surface area contributed by atoms with E-state index in [1.54, 1.807) is 54.7 Å². The minimum absolute atomic E-state index is 0.183. The molecule has 0 amide bonds. The van der Waals surface area contributed by atoms with Gasteiger partial charge in [0.05, 0.1) is 31.0 Å². The van der Waals surface area contributed by atoms with Gasteiger partial charge in [0, 0.05) is 12.5 Å². The van der Waals surface area contributed by atoms with Crippen LogP contribution in [0.3, 0.4) is 0 Å². The molecule has 0 radical (unpaired) electrons. The average molecular weight is 565 g/mol. The number of ether oxygens (including phenoxy) is 3. The van der Waals surface area contributed by atoms with Gasteiger partial charge < -0.3 is 44.8 Å². The number of hydrogen-bond acceptors (Lipinski definition) is 10. The largest absolute Gasteiger partial charge is 0.460 e. The molecular formula is C30H44O10. The number of aliphatic hydroxyl groups excluding tert-OH is 6. The molecule has 40 heavy (non-hydrogen) atoms. The Morgan fingerprint density at radius 3 is 2.35 bits per heavy atom. The molecule has 0 aromatic carbocycles. The Labute approximate surface area is 235 Å². The predicted molar refractivity (Wildman–Crippen MR) is 149 cm³/mol. The normalized spacial score (nSPS) is 40.6. The molecule has 2 aliphatic rings. The van der Waals surface area contributed by atoms with E-state index in [-0.39, 0.29) is 12.5 Å². The van der Waals surface area contributed by atoms with Crippen molar-refractivity contribution in [3.8, 4) is 0 Å². The maximum atomic E-state index is 12.1. The minimum Gasteiger partial charge on any atom is -0.460 e. The van der Waals surface area contributed by atoms with Crippen LogP contribution in [0.4, 0.5) is 0 Å². The molecule has 0 aromatic rings. The smallest absolute Gasteiger partial charge is 0.331 e. The number of cyclic esters (lactones) is 1. The van der Waals surface area contributed by atoms with Crippen LogP contribution in [0.1, 0.15) is 45.4 Å². The molecule has 224 valence electrons. The fraction of sp³-hybridized carbons (Fsp3) is 0.567. The first kappa shape index (κ1) is 33.8. The molecule has 0 aromatic heterocycles. The highest BCUT2D eigenvalue weighted by molar-refractivity contribution is 5.82. The lowest BCUT2D eigenvalue weighted by molar-refractivity contribution is -0.307. The van der Waals surface area contributed by atoms with E-state index < -0.39 is 61.6 Å². The van der Waals surface area contributed by atoms with Gasteiger partial charge in [0.1, 0.15) is 24.4 Å². The van der Waals surface area contributed by atoms with Gasteiger partial charge in [0.15, 0.2) is 6.29 Å². The van der Waals surface area contributed by atoms with Crippen LogP contribution >= 0.6 is 0 Å². The van der Waals surface area contributed by atoms with Crippen molar-refractivity contribution in [1.82, 2.24) is 0 Å². The van der Waals surface area contributed by atoms with Gasteiger partial charge in [-0.25, -0.2) is 4.79 Å². The van der Waals surface area contributed by atoms with E-state index in [4.69, 9.17) is 14.2 Å². The summed E-state index contributed by atoms with van der Waals surface area (Å²) in [4.78, 5) is 12.1. The van der Waals surface area contributed by atoms with Crippen molar-refractivity contribution in [2.75, 3.05) is 6.61 Å². The lowest BCUT2D eigenvalue weighted by Gasteiger charge is -2.40. The highest BCUT2D eigenvalue weighted by Crippen LogP contribution is 2.24. The second kappa shape index (κ2) is 18.8. The summed E-state index contributed by atoms with van der Waals surface area (Å²) in [6, 6.07) is 0. The number of esters is 1. The molecule has 0 bridgehead atoms. The van der Waals surface area contributed by atoms with Crippen molar-refractivity contribution < 1.29 is 49.6 Å². The van der Waals surface area contributed by atoms with Gasteiger partial charge >= 0.3 is 5.97 Å². The molecule has 10 heteroatoms. The topological polar surface area (TPSA) is 166 Å². The Hall–Kier alpha value is -2.41. The number of rotatable bonds is 3. The molecule has 2 rings (SSSR count). The van der Waals surface area contributed by atoms with Crippen LogP contribution in [0.5, 0.6) is 0 Å². The molecule has 2 heterocycles. The van der Waals surface area contributed by atoms with E-state index in [1.165, 1.54) is 6.08 Å². The van der Waals surface area contributed by atoms with Crippen LogP contribution in [0.15, 0.2) is 72.9 Å². The SMILES string of the molecule is C[C@H]1CCC/C=C/C=C/[C@H](O)C[C@@H](O)C/C=C\C=C\[C@H](O[C@@H]2O[C@H](CO)[C@@H](O)[C@H](O)[C@H]2O)C/C=C/C=C\C(=O)O1. The Balaban J connectivity index is 2.12. The molecule has 0 unspecified atom stereocenters. The number of carbonyl (C=O) groups excluding carboxylic acids is 1. The molecule has 1 saturated heterocycles. The lowest BCUT2D eigenvalue weighted by Crippen LogP contribution is -2.59. The monoisotopic (exact) mass is 564 g/mol. The number of carbonyl (C=O) groups is 1. The summed E-state index contributed by atoms with van der Waals surface area (Å²) in [5.74, 6) is -0.458. The Kier molecular flexibility index (Phi) is 15.9. The quantitative estimate of drug-likeness (QED) is 0.277. The zero-order valence-corrected chi connectivity index (χ0v) is 22.9. The maximum Gasteiger partial charge on any atom is 0.331 e. The highest BCUT2D eigenvalue weighted by atomic mass is 16.7. The van der Waals surface area contributed by atoms with Crippen molar-refractivity contribution in [2.45, 2.75) is 101 Å². The predicted octanol–water partition coefficient (Wildman–Crippen LogP) is 1.52. The standard InChI is InChI=1S/C30H44O10/c1-21-13-7-3-2-4-8-14-22(32)19-23(33)15-9-5-10-16-24(17-11-6-12-18-26(34)38-21)39-30-29(37)28(36)27(35)25(20-31)40-30/h2,4-6,8-12,14,16,18,21-25,27-33,35-37H,3,7,13,15,17,19-20H2,1H3/b4-2+,9-5-,11-6+,14-8+,16-10+,18-12-/t21-,22-,23-,24-,25+,27+,28-,29+,30+/m0/s1. The molecule has 0 spiro atoms. The molecular weight excluding hydrogens is 520 g/mol. The molecule has 6 N–H and O–H groups in total. The van der Waals surface area contributed by atoms with Gasteiger partial charge in [0.2, 0.25) is 0 Å². The van der Waals surface area contributed by atoms with E-state index in [2.05, 4.69) is 0 Å². The van der Waals surface area contributed by atoms with Crippen molar-refractivity contribution in [1.29, 1.82) is 0 Å². The number of hydrogen-bond donors (Lipinski definition) is 6. The summed E-state index contributed by atoms with van der Waals surface area (Å²) < 4.78 is 16.7. The summed E-state index contributed by atoms with van der Waals surface area (Å²) in [6.07, 6.45) is 13.9. The zero-order chi connectivity index (χ0) is 29.3. The van der Waals surface area contributed by atoms with Crippen molar-refractivity contribution in [2.24, 2.45) is 0 Å². The van der Waals surface area contributed by atoms with Gasteiger partial charge in [-0.3, -0.25) is 0 Å². The van der Waals surface area contributed by atoms with E-state index in [0.29, 0.717) is 19.3 Å². The zero-order valence-electron chi connectivity index (χ0n) is 22.9. The third-order valence-electron chi connectivity index (χ3n) is 6.38. The molecule has 0 aliphatic carbocycles. The summed E-state index contributed by atoms with van der Waals surface area (Å²) >= 11 is 0. The highest BCUT2D eigenvalue weighted by Gasteiger charge is 2.44. The van der Waals surface area contributed by atoms with Gasteiger partial charge in [-0.05, 0) is 39.0 Å². The average Bonchev–Trinajstić information content (AvgIpc) is 2.91. The van der Waals surface area contributed by atoms with Crippen molar-refractivity contribution >= 4 is 5.97 Å². The molecule has 9 atom stereocenters. The second-order valence-electron chi connectivity index (χ2n) is 9.89. The van der Waals surface area contributed by atoms with Crippen molar-refractivity contribution in [3.63, 3.8) is 0 Å². The van der Waals surface area contributed by atoms with Gasteiger partial charge in [0.25, 0.3) is 0 Å². The summed E-state index contributed by atoms with van der Waals surface area (Å²) in [7, 11) is 0. The van der Waals surface area contributed by atoms with E-state index in [9.17, 15) is 35.4 Å². The maximum absolute atomic E-state index is 12.1. The number of allylic oxidation sites excluding steroid dienone is 7. The molecule has 0 saturated carbocycles. The summed E-state index contributed by atoms with van der Waals surface area (Å²) in [6.45, 7) is 1.26. The van der Waals surface area contributed by atoms with Crippen LogP contribution in [-0.4, -0.2) is 98.3 Å². The van der Waals surface area contributed by atoms with Crippen LogP contribution in [0.2, 0.25) is 0 Å². The first-order valence-corrected chi connectivity index (χ1v) is 13.7. The number of aliphatic hydroxyl groups is 6. The van der Waals surface area contributed by atoms with Gasteiger partial charge in [-0.1, -0.05) is 66.8 Å². The van der Waals surface area contributed by atoms with Crippen LogP contribution < -0.4 is 0 Å². The molecule has 1 fully saturated rings. The second-order valence-corrected chi connectivity index (χ2v) is 9.89. The van der Waals surface area contributed by atoms with Gasteiger partial charge in [-0.15, -0.1) is 0 Å².